The molecule has 0 atom stereocenters. The van der Waals surface area contributed by atoms with Crippen LogP contribution in [0.5, 0.6) is 0 Å². The third kappa shape index (κ3) is 3.47. The highest BCUT2D eigenvalue weighted by molar-refractivity contribution is 6.06. The van der Waals surface area contributed by atoms with Crippen LogP contribution in [0.15, 0.2) is 42.5 Å². The summed E-state index contributed by atoms with van der Waals surface area (Å²) in [6, 6.07) is 10.6. The molecule has 1 amide bonds. The van der Waals surface area contributed by atoms with Crippen LogP contribution in [0, 0.1) is 0 Å². The number of nitrogens with zero attached hydrogens (tertiary/aromatic N) is 1. The molecule has 128 valence electrons. The molecule has 0 aliphatic heterocycles. The molecular weight excluding hydrogens is 332 g/mol. The number of nitrogens with one attached hydrogen (secondary N) is 2. The predicted octanol–water partition coefficient (Wildman–Crippen LogP) is 3.54. The number of fused-ring (bicyclic) bond motifs is 1. The lowest BCUT2D eigenvalue weighted by Crippen LogP contribution is -2.12. The number of carbonyl (C=O) groups is 2. The summed E-state index contributed by atoms with van der Waals surface area (Å²) in [4.78, 5) is 29.9. The number of imidazole rings is 1. The number of halogens is 2. The average molecular weight is 345 g/mol. The fourth-order valence-corrected chi connectivity index (χ4v) is 2.28. The number of benzene rings is 2. The van der Waals surface area contributed by atoms with Crippen molar-refractivity contribution in [1.29, 1.82) is 0 Å². The Balaban J connectivity index is 1.78. The van der Waals surface area contributed by atoms with Crippen molar-refractivity contribution < 1.29 is 23.1 Å². The molecule has 0 saturated carbocycles. The maximum absolute atomic E-state index is 12.7. The molecule has 0 saturated heterocycles. The third-order valence-corrected chi connectivity index (χ3v) is 3.53. The van der Waals surface area contributed by atoms with E-state index in [1.807, 2.05) is 0 Å². The van der Waals surface area contributed by atoms with Gasteiger partial charge in [0.05, 0.1) is 23.7 Å². The second kappa shape index (κ2) is 6.68. The molecule has 0 fully saturated rings. The van der Waals surface area contributed by atoms with Gasteiger partial charge in [-0.05, 0) is 42.5 Å². The van der Waals surface area contributed by atoms with Gasteiger partial charge < -0.3 is 15.0 Å². The minimum absolute atomic E-state index is 0.286. The van der Waals surface area contributed by atoms with E-state index in [0.29, 0.717) is 22.3 Å². The lowest BCUT2D eigenvalue weighted by atomic mass is 10.1. The van der Waals surface area contributed by atoms with Gasteiger partial charge in [0.2, 0.25) is 0 Å². The molecule has 3 rings (SSSR count). The van der Waals surface area contributed by atoms with Crippen molar-refractivity contribution in [2.24, 2.45) is 0 Å². The predicted molar refractivity (Wildman–Crippen MR) is 86.8 cm³/mol. The Bertz CT molecular complexity index is 936. The van der Waals surface area contributed by atoms with Gasteiger partial charge in [0.15, 0.2) is 5.82 Å². The van der Waals surface area contributed by atoms with Crippen molar-refractivity contribution in [2.75, 3.05) is 12.4 Å². The molecule has 1 aromatic heterocycles. The Labute approximate surface area is 140 Å². The molecule has 6 nitrogen and oxygen atoms in total. The van der Waals surface area contributed by atoms with Crippen LogP contribution in [0.2, 0.25) is 0 Å². The van der Waals surface area contributed by atoms with Gasteiger partial charge in [0.1, 0.15) is 0 Å². The van der Waals surface area contributed by atoms with Crippen LogP contribution < -0.4 is 5.32 Å². The van der Waals surface area contributed by atoms with Crippen LogP contribution in [-0.2, 0) is 4.74 Å². The van der Waals surface area contributed by atoms with E-state index in [9.17, 15) is 18.4 Å². The summed E-state index contributed by atoms with van der Waals surface area (Å²) < 4.78 is 29.9. The third-order valence-electron chi connectivity index (χ3n) is 3.53. The molecule has 0 spiro atoms. The number of aromatic amines is 1. The Hall–Kier alpha value is -3.29. The zero-order valence-corrected chi connectivity index (χ0v) is 13.0. The second-order valence-electron chi connectivity index (χ2n) is 5.18. The first kappa shape index (κ1) is 16.6. The Kier molecular flexibility index (Phi) is 4.42. The fraction of sp³-hybridized carbons (Fsp3) is 0.118. The molecule has 0 aliphatic rings. The SMILES string of the molecule is COC(=O)c1ccc(NC(=O)c2ccc3nc(C(F)F)[nH]c3c2)cc1. The van der Waals surface area contributed by atoms with Gasteiger partial charge in [-0.1, -0.05) is 0 Å². The molecule has 0 unspecified atom stereocenters. The van der Waals surface area contributed by atoms with Gasteiger partial charge in [0.25, 0.3) is 12.3 Å². The summed E-state index contributed by atoms with van der Waals surface area (Å²) in [5.41, 5.74) is 1.84. The summed E-state index contributed by atoms with van der Waals surface area (Å²) in [6.45, 7) is 0. The number of hydrogen-bond acceptors (Lipinski definition) is 4. The standard InChI is InChI=1S/C17H13F2N3O3/c1-25-17(24)9-2-5-11(6-3-9)20-16(23)10-4-7-12-13(8-10)22-15(21-12)14(18)19/h2-8,14H,1H3,(H,20,23)(H,21,22). The van der Waals surface area contributed by atoms with E-state index in [1.165, 1.54) is 37.4 Å². The number of hydrogen-bond donors (Lipinski definition) is 2. The number of esters is 1. The molecule has 25 heavy (non-hydrogen) atoms. The van der Waals surface area contributed by atoms with Crippen molar-refractivity contribution in [3.8, 4) is 0 Å². The Morgan fingerprint density at radius 1 is 1.12 bits per heavy atom. The molecule has 1 heterocycles. The van der Waals surface area contributed by atoms with E-state index in [2.05, 4.69) is 20.0 Å². The minimum atomic E-state index is -2.71. The van der Waals surface area contributed by atoms with Crippen LogP contribution in [0.4, 0.5) is 14.5 Å². The van der Waals surface area contributed by atoms with Crippen LogP contribution >= 0.6 is 0 Å². The lowest BCUT2D eigenvalue weighted by Gasteiger charge is -2.06. The molecule has 2 aromatic carbocycles. The van der Waals surface area contributed by atoms with Crippen molar-refractivity contribution in [1.82, 2.24) is 9.97 Å². The maximum atomic E-state index is 12.7. The van der Waals surface area contributed by atoms with Gasteiger partial charge in [-0.25, -0.2) is 18.6 Å². The quantitative estimate of drug-likeness (QED) is 0.709. The van der Waals surface area contributed by atoms with Gasteiger partial charge in [-0.3, -0.25) is 4.79 Å². The monoisotopic (exact) mass is 345 g/mol. The minimum Gasteiger partial charge on any atom is -0.465 e. The number of aromatic nitrogens is 2. The highest BCUT2D eigenvalue weighted by Gasteiger charge is 2.14. The maximum Gasteiger partial charge on any atom is 0.337 e. The van der Waals surface area contributed by atoms with Crippen molar-refractivity contribution >= 4 is 28.6 Å². The number of ether oxygens (including phenoxy) is 1. The van der Waals surface area contributed by atoms with E-state index in [-0.39, 0.29) is 5.56 Å². The van der Waals surface area contributed by atoms with Crippen LogP contribution in [0.3, 0.4) is 0 Å². The second-order valence-corrected chi connectivity index (χ2v) is 5.18. The van der Waals surface area contributed by atoms with Crippen molar-refractivity contribution in [3.05, 3.63) is 59.4 Å². The zero-order valence-electron chi connectivity index (χ0n) is 13.0. The lowest BCUT2D eigenvalue weighted by molar-refractivity contribution is 0.0600. The number of amides is 1. The number of carbonyl (C=O) groups excluding carboxylic acids is 2. The summed E-state index contributed by atoms with van der Waals surface area (Å²) in [5, 5.41) is 2.66. The average Bonchev–Trinajstić information content (AvgIpc) is 3.05. The summed E-state index contributed by atoms with van der Waals surface area (Å²) in [6.07, 6.45) is -2.71. The number of rotatable bonds is 4. The Morgan fingerprint density at radius 3 is 2.44 bits per heavy atom. The molecule has 0 aliphatic carbocycles. The van der Waals surface area contributed by atoms with E-state index in [0.717, 1.165) is 0 Å². The normalized spacial score (nSPS) is 10.9. The molecule has 0 bridgehead atoms. The number of anilines is 1. The summed E-state index contributed by atoms with van der Waals surface area (Å²) >= 11 is 0. The van der Waals surface area contributed by atoms with Crippen molar-refractivity contribution in [3.63, 3.8) is 0 Å². The number of H-pyrrole nitrogens is 1. The smallest absolute Gasteiger partial charge is 0.337 e. The van der Waals surface area contributed by atoms with E-state index in [4.69, 9.17) is 0 Å². The van der Waals surface area contributed by atoms with E-state index < -0.39 is 24.1 Å². The van der Waals surface area contributed by atoms with Crippen LogP contribution in [0.25, 0.3) is 11.0 Å². The van der Waals surface area contributed by atoms with Crippen LogP contribution in [-0.4, -0.2) is 29.0 Å². The molecule has 8 heteroatoms. The summed E-state index contributed by atoms with van der Waals surface area (Å²) in [7, 11) is 1.28. The molecule has 2 N–H and O–H groups in total. The topological polar surface area (TPSA) is 84.1 Å². The highest BCUT2D eigenvalue weighted by Crippen LogP contribution is 2.21. The Morgan fingerprint density at radius 2 is 1.80 bits per heavy atom. The van der Waals surface area contributed by atoms with Gasteiger partial charge in [-0.2, -0.15) is 0 Å². The van der Waals surface area contributed by atoms with Gasteiger partial charge in [0, 0.05) is 11.3 Å². The highest BCUT2D eigenvalue weighted by atomic mass is 19.3. The largest absolute Gasteiger partial charge is 0.465 e. The fourth-order valence-electron chi connectivity index (χ4n) is 2.28. The van der Waals surface area contributed by atoms with Crippen LogP contribution in [0.1, 0.15) is 33.0 Å². The molecule has 0 radical (unpaired) electrons. The zero-order chi connectivity index (χ0) is 18.0. The first-order valence-electron chi connectivity index (χ1n) is 7.25. The first-order chi connectivity index (χ1) is 12.0. The van der Waals surface area contributed by atoms with Crippen molar-refractivity contribution in [2.45, 2.75) is 6.43 Å². The number of alkyl halides is 2. The first-order valence-corrected chi connectivity index (χ1v) is 7.25. The van der Waals surface area contributed by atoms with E-state index in [1.54, 1.807) is 12.1 Å². The molecule has 3 aromatic rings. The molecular formula is C17H13F2N3O3. The van der Waals surface area contributed by atoms with Gasteiger partial charge >= 0.3 is 5.97 Å². The van der Waals surface area contributed by atoms with E-state index >= 15 is 0 Å². The van der Waals surface area contributed by atoms with Gasteiger partial charge in [-0.15, -0.1) is 0 Å². The summed E-state index contributed by atoms with van der Waals surface area (Å²) in [5.74, 6) is -1.33. The number of methoxy groups -OCH3 is 1.